The molecule has 0 fully saturated rings. The number of carbonyl (C=O) groups excluding carboxylic acids is 3. The van der Waals surface area contributed by atoms with E-state index in [1.165, 1.54) is 23.3 Å². The van der Waals surface area contributed by atoms with Gasteiger partial charge in [0.2, 0.25) is 11.8 Å². The molecule has 1 aromatic heterocycles. The average molecular weight is 474 g/mol. The minimum Gasteiger partial charge on any atom is -0.467 e. The predicted octanol–water partition coefficient (Wildman–Crippen LogP) is 4.29. The summed E-state index contributed by atoms with van der Waals surface area (Å²) in [6.07, 6.45) is 1.48. The molecule has 0 aliphatic heterocycles. The summed E-state index contributed by atoms with van der Waals surface area (Å²) in [7, 11) is 0. The first-order valence-corrected chi connectivity index (χ1v) is 10.5. The molecule has 3 rings (SSSR count). The van der Waals surface area contributed by atoms with E-state index in [9.17, 15) is 14.4 Å². The van der Waals surface area contributed by atoms with Gasteiger partial charge in [-0.1, -0.05) is 35.3 Å². The molecule has 0 radical (unpaired) electrons. The molecule has 0 aliphatic carbocycles. The van der Waals surface area contributed by atoms with E-state index < -0.39 is 11.8 Å². The number of anilines is 1. The number of hydrogen-bond acceptors (Lipinski definition) is 4. The van der Waals surface area contributed by atoms with Crippen molar-refractivity contribution in [1.82, 2.24) is 10.2 Å². The minimum absolute atomic E-state index is 0.0493. The molecular weight excluding hydrogens is 453 g/mol. The van der Waals surface area contributed by atoms with Crippen LogP contribution in [0.5, 0.6) is 0 Å². The second kappa shape index (κ2) is 10.8. The Morgan fingerprint density at radius 2 is 1.81 bits per heavy atom. The zero-order valence-corrected chi connectivity index (χ0v) is 18.7. The number of furan rings is 1. The second-order valence-corrected chi connectivity index (χ2v) is 7.90. The highest BCUT2D eigenvalue weighted by Crippen LogP contribution is 2.23. The molecule has 166 valence electrons. The van der Waals surface area contributed by atoms with Gasteiger partial charge in [-0.3, -0.25) is 14.4 Å². The molecule has 3 aromatic rings. The van der Waals surface area contributed by atoms with Crippen LogP contribution in [-0.4, -0.2) is 35.7 Å². The first kappa shape index (κ1) is 23.4. The lowest BCUT2D eigenvalue weighted by molar-refractivity contribution is -0.124. The lowest BCUT2D eigenvalue weighted by Crippen LogP contribution is -2.42. The van der Waals surface area contributed by atoms with Crippen molar-refractivity contribution >= 4 is 46.6 Å². The van der Waals surface area contributed by atoms with Crippen LogP contribution in [0.3, 0.4) is 0 Å². The maximum atomic E-state index is 13.0. The van der Waals surface area contributed by atoms with Crippen LogP contribution in [0.2, 0.25) is 10.0 Å². The van der Waals surface area contributed by atoms with Crippen LogP contribution in [-0.2, 0) is 16.1 Å². The van der Waals surface area contributed by atoms with Crippen molar-refractivity contribution in [3.8, 4) is 0 Å². The van der Waals surface area contributed by atoms with E-state index in [-0.39, 0.29) is 36.1 Å². The molecule has 1 heterocycles. The third-order valence-corrected chi connectivity index (χ3v) is 5.01. The Balaban J connectivity index is 1.64. The second-order valence-electron chi connectivity index (χ2n) is 7.06. The smallest absolute Gasteiger partial charge is 0.256 e. The van der Waals surface area contributed by atoms with Crippen molar-refractivity contribution in [2.75, 3.05) is 18.4 Å². The lowest BCUT2D eigenvalue weighted by Gasteiger charge is -2.22. The Morgan fingerprint density at radius 1 is 1.00 bits per heavy atom. The van der Waals surface area contributed by atoms with Crippen LogP contribution >= 0.6 is 23.2 Å². The highest BCUT2D eigenvalue weighted by atomic mass is 35.5. The van der Waals surface area contributed by atoms with E-state index in [1.807, 2.05) is 25.1 Å². The lowest BCUT2D eigenvalue weighted by atomic mass is 10.2. The SMILES string of the molecule is Cc1cccc(NC(=O)CNC(=O)CN(Cc2ccco2)C(=O)c2ccc(Cl)cc2Cl)c1. The highest BCUT2D eigenvalue weighted by Gasteiger charge is 2.22. The van der Waals surface area contributed by atoms with Gasteiger partial charge in [0.15, 0.2) is 0 Å². The van der Waals surface area contributed by atoms with E-state index in [0.717, 1.165) is 5.56 Å². The normalized spacial score (nSPS) is 10.5. The predicted molar refractivity (Wildman–Crippen MR) is 123 cm³/mol. The summed E-state index contributed by atoms with van der Waals surface area (Å²) in [5.41, 5.74) is 1.84. The van der Waals surface area contributed by atoms with Gasteiger partial charge < -0.3 is 20.0 Å². The standard InChI is InChI=1S/C23H21Cl2N3O4/c1-15-4-2-5-17(10-15)27-21(29)12-26-22(30)14-28(13-18-6-3-9-32-18)23(31)19-8-7-16(24)11-20(19)25/h2-11H,12-14H2,1H3,(H,26,30)(H,27,29). The van der Waals surface area contributed by atoms with Crippen molar-refractivity contribution in [3.63, 3.8) is 0 Å². The molecule has 3 amide bonds. The van der Waals surface area contributed by atoms with Crippen molar-refractivity contribution in [3.05, 3.63) is 87.8 Å². The summed E-state index contributed by atoms with van der Waals surface area (Å²) in [4.78, 5) is 39.0. The third kappa shape index (κ3) is 6.60. The molecule has 0 unspecified atom stereocenters. The third-order valence-electron chi connectivity index (χ3n) is 4.46. The molecule has 9 heteroatoms. The van der Waals surface area contributed by atoms with E-state index >= 15 is 0 Å². The van der Waals surface area contributed by atoms with E-state index in [4.69, 9.17) is 27.6 Å². The summed E-state index contributed by atoms with van der Waals surface area (Å²) >= 11 is 12.1. The summed E-state index contributed by atoms with van der Waals surface area (Å²) in [6, 6.07) is 15.2. The van der Waals surface area contributed by atoms with E-state index in [2.05, 4.69) is 10.6 Å². The summed E-state index contributed by atoms with van der Waals surface area (Å²) < 4.78 is 5.31. The molecule has 2 aromatic carbocycles. The molecule has 0 atom stereocenters. The minimum atomic E-state index is -0.505. The molecule has 0 saturated heterocycles. The van der Waals surface area contributed by atoms with Crippen LogP contribution in [0.4, 0.5) is 5.69 Å². The number of hydrogen-bond donors (Lipinski definition) is 2. The maximum absolute atomic E-state index is 13.0. The molecule has 0 aliphatic rings. The number of benzene rings is 2. The zero-order chi connectivity index (χ0) is 23.1. The van der Waals surface area contributed by atoms with Crippen molar-refractivity contribution in [2.24, 2.45) is 0 Å². The monoisotopic (exact) mass is 473 g/mol. The Hall–Kier alpha value is -3.29. The quantitative estimate of drug-likeness (QED) is 0.510. The van der Waals surface area contributed by atoms with Gasteiger partial charge in [0.1, 0.15) is 12.3 Å². The van der Waals surface area contributed by atoms with Crippen LogP contribution in [0.1, 0.15) is 21.7 Å². The van der Waals surface area contributed by atoms with Gasteiger partial charge in [0, 0.05) is 10.7 Å². The van der Waals surface area contributed by atoms with Gasteiger partial charge in [0.25, 0.3) is 5.91 Å². The Bertz CT molecular complexity index is 1120. The van der Waals surface area contributed by atoms with Crippen LogP contribution in [0, 0.1) is 6.92 Å². The fraction of sp³-hybridized carbons (Fsp3) is 0.174. The Labute approximate surface area is 195 Å². The van der Waals surface area contributed by atoms with Gasteiger partial charge >= 0.3 is 0 Å². The van der Waals surface area contributed by atoms with Crippen LogP contribution < -0.4 is 10.6 Å². The van der Waals surface area contributed by atoms with Crippen molar-refractivity contribution in [2.45, 2.75) is 13.5 Å². The molecule has 7 nitrogen and oxygen atoms in total. The fourth-order valence-corrected chi connectivity index (χ4v) is 3.45. The first-order valence-electron chi connectivity index (χ1n) is 9.72. The number of aryl methyl sites for hydroxylation is 1. The number of carbonyl (C=O) groups is 3. The van der Waals surface area contributed by atoms with Gasteiger partial charge in [-0.25, -0.2) is 0 Å². The number of amides is 3. The summed E-state index contributed by atoms with van der Waals surface area (Å²) in [6.45, 7) is 1.43. The maximum Gasteiger partial charge on any atom is 0.256 e. The number of nitrogens with one attached hydrogen (secondary N) is 2. The van der Waals surface area contributed by atoms with Crippen molar-refractivity contribution < 1.29 is 18.8 Å². The Kier molecular flexibility index (Phi) is 7.92. The van der Waals surface area contributed by atoms with Gasteiger partial charge in [0.05, 0.1) is 29.9 Å². The first-order chi connectivity index (χ1) is 15.3. The Morgan fingerprint density at radius 3 is 2.50 bits per heavy atom. The largest absolute Gasteiger partial charge is 0.467 e. The van der Waals surface area contributed by atoms with Gasteiger partial charge in [-0.15, -0.1) is 0 Å². The van der Waals surface area contributed by atoms with Gasteiger partial charge in [-0.2, -0.15) is 0 Å². The number of halogens is 2. The van der Waals surface area contributed by atoms with Crippen LogP contribution in [0.25, 0.3) is 0 Å². The van der Waals surface area contributed by atoms with Crippen LogP contribution in [0.15, 0.2) is 65.3 Å². The molecule has 0 bridgehead atoms. The van der Waals surface area contributed by atoms with Crippen molar-refractivity contribution in [1.29, 1.82) is 0 Å². The number of nitrogens with zero attached hydrogens (tertiary/aromatic N) is 1. The topological polar surface area (TPSA) is 91.7 Å². The zero-order valence-electron chi connectivity index (χ0n) is 17.2. The average Bonchev–Trinajstić information content (AvgIpc) is 3.24. The molecule has 0 spiro atoms. The summed E-state index contributed by atoms with van der Waals surface area (Å²) in [5.74, 6) is -0.862. The van der Waals surface area contributed by atoms with E-state index in [0.29, 0.717) is 16.5 Å². The molecule has 2 N–H and O–H groups in total. The number of rotatable bonds is 8. The van der Waals surface area contributed by atoms with E-state index in [1.54, 1.807) is 24.3 Å². The van der Waals surface area contributed by atoms with Gasteiger partial charge in [-0.05, 0) is 55.0 Å². The molecule has 32 heavy (non-hydrogen) atoms. The summed E-state index contributed by atoms with van der Waals surface area (Å²) in [5, 5.41) is 5.80. The fourth-order valence-electron chi connectivity index (χ4n) is 2.96. The molecular formula is C23H21Cl2N3O4. The molecule has 0 saturated carbocycles. The highest BCUT2D eigenvalue weighted by molar-refractivity contribution is 6.36.